The molecular weight excluding hydrogens is 242 g/mol. The first-order valence-electron chi connectivity index (χ1n) is 6.23. The zero-order valence-electron chi connectivity index (χ0n) is 11.0. The molecule has 0 amide bonds. The lowest BCUT2D eigenvalue weighted by Gasteiger charge is -2.09. The standard InChI is InChI=1S/C14H17N3O2/c1-3-10(2)19-14(18)12-8-9-17(16-12)13-7-5-4-6-11(13)15/h4-10H,3,15H2,1-2H3. The van der Waals surface area contributed by atoms with Gasteiger partial charge in [0.25, 0.3) is 0 Å². The van der Waals surface area contributed by atoms with Crippen LogP contribution in [-0.4, -0.2) is 21.9 Å². The third-order valence-corrected chi connectivity index (χ3v) is 2.86. The Morgan fingerprint density at radius 1 is 1.42 bits per heavy atom. The predicted molar refractivity (Wildman–Crippen MR) is 73.1 cm³/mol. The van der Waals surface area contributed by atoms with E-state index in [0.29, 0.717) is 5.69 Å². The molecule has 0 bridgehead atoms. The highest BCUT2D eigenvalue weighted by Gasteiger charge is 2.14. The quantitative estimate of drug-likeness (QED) is 0.676. The number of nitrogens with two attached hydrogens (primary N) is 1. The number of carbonyl (C=O) groups excluding carboxylic acids is 1. The van der Waals surface area contributed by atoms with Crippen LogP contribution in [0.25, 0.3) is 5.69 Å². The number of hydrogen-bond donors (Lipinski definition) is 1. The minimum absolute atomic E-state index is 0.112. The smallest absolute Gasteiger partial charge is 0.359 e. The van der Waals surface area contributed by atoms with E-state index in [1.54, 1.807) is 23.0 Å². The van der Waals surface area contributed by atoms with E-state index in [4.69, 9.17) is 10.5 Å². The molecule has 5 heteroatoms. The van der Waals surface area contributed by atoms with Crippen LogP contribution in [0.15, 0.2) is 36.5 Å². The molecule has 0 aliphatic carbocycles. The summed E-state index contributed by atoms with van der Waals surface area (Å²) in [6.45, 7) is 3.81. The fraction of sp³-hybridized carbons (Fsp3) is 0.286. The van der Waals surface area contributed by atoms with Crippen molar-refractivity contribution in [1.82, 2.24) is 9.78 Å². The van der Waals surface area contributed by atoms with Gasteiger partial charge in [-0.15, -0.1) is 0 Å². The molecule has 100 valence electrons. The van der Waals surface area contributed by atoms with Crippen molar-refractivity contribution in [2.45, 2.75) is 26.4 Å². The van der Waals surface area contributed by atoms with Gasteiger partial charge in [-0.05, 0) is 31.5 Å². The van der Waals surface area contributed by atoms with Gasteiger partial charge in [0.05, 0.1) is 17.5 Å². The maximum absolute atomic E-state index is 11.8. The Morgan fingerprint density at radius 2 is 2.16 bits per heavy atom. The summed E-state index contributed by atoms with van der Waals surface area (Å²) in [6.07, 6.45) is 2.36. The molecule has 0 fully saturated rings. The molecule has 2 aromatic rings. The molecule has 19 heavy (non-hydrogen) atoms. The van der Waals surface area contributed by atoms with E-state index in [-0.39, 0.29) is 11.8 Å². The van der Waals surface area contributed by atoms with E-state index >= 15 is 0 Å². The van der Waals surface area contributed by atoms with Crippen molar-refractivity contribution in [1.29, 1.82) is 0 Å². The fourth-order valence-electron chi connectivity index (χ4n) is 1.59. The largest absolute Gasteiger partial charge is 0.458 e. The van der Waals surface area contributed by atoms with Crippen LogP contribution in [0.4, 0.5) is 5.69 Å². The van der Waals surface area contributed by atoms with Crippen molar-refractivity contribution < 1.29 is 9.53 Å². The lowest BCUT2D eigenvalue weighted by atomic mass is 10.3. The Balaban J connectivity index is 2.20. The maximum atomic E-state index is 11.8. The van der Waals surface area contributed by atoms with E-state index in [1.165, 1.54) is 0 Å². The number of nitrogens with zero attached hydrogens (tertiary/aromatic N) is 2. The minimum Gasteiger partial charge on any atom is -0.458 e. The van der Waals surface area contributed by atoms with Crippen molar-refractivity contribution in [3.05, 3.63) is 42.2 Å². The van der Waals surface area contributed by atoms with E-state index < -0.39 is 5.97 Å². The summed E-state index contributed by atoms with van der Waals surface area (Å²) in [4.78, 5) is 11.8. The maximum Gasteiger partial charge on any atom is 0.359 e. The number of para-hydroxylation sites is 2. The van der Waals surface area contributed by atoms with E-state index in [2.05, 4.69) is 5.10 Å². The lowest BCUT2D eigenvalue weighted by molar-refractivity contribution is 0.0327. The van der Waals surface area contributed by atoms with Crippen molar-refractivity contribution in [3.8, 4) is 5.69 Å². The highest BCUT2D eigenvalue weighted by Crippen LogP contribution is 2.16. The first-order chi connectivity index (χ1) is 9.11. The van der Waals surface area contributed by atoms with Gasteiger partial charge in [0.15, 0.2) is 5.69 Å². The summed E-state index contributed by atoms with van der Waals surface area (Å²) in [6, 6.07) is 8.96. The van der Waals surface area contributed by atoms with Crippen LogP contribution >= 0.6 is 0 Å². The number of esters is 1. The van der Waals surface area contributed by atoms with Crippen LogP contribution in [-0.2, 0) is 4.74 Å². The third-order valence-electron chi connectivity index (χ3n) is 2.86. The Labute approximate surface area is 112 Å². The second-order valence-corrected chi connectivity index (χ2v) is 4.33. The molecule has 1 aromatic heterocycles. The van der Waals surface area contributed by atoms with Gasteiger partial charge in [0.1, 0.15) is 0 Å². The van der Waals surface area contributed by atoms with E-state index in [1.807, 2.05) is 32.0 Å². The van der Waals surface area contributed by atoms with Crippen molar-refractivity contribution >= 4 is 11.7 Å². The van der Waals surface area contributed by atoms with Crippen LogP contribution in [0.1, 0.15) is 30.8 Å². The Morgan fingerprint density at radius 3 is 2.84 bits per heavy atom. The molecule has 0 aliphatic heterocycles. The van der Waals surface area contributed by atoms with E-state index in [0.717, 1.165) is 12.1 Å². The molecule has 0 spiro atoms. The number of aromatic nitrogens is 2. The molecule has 1 unspecified atom stereocenters. The minimum atomic E-state index is -0.414. The van der Waals surface area contributed by atoms with Crippen molar-refractivity contribution in [3.63, 3.8) is 0 Å². The normalized spacial score (nSPS) is 12.1. The SMILES string of the molecule is CCC(C)OC(=O)c1ccn(-c2ccccc2N)n1. The number of hydrogen-bond acceptors (Lipinski definition) is 4. The zero-order chi connectivity index (χ0) is 13.8. The average Bonchev–Trinajstić information content (AvgIpc) is 2.88. The highest BCUT2D eigenvalue weighted by atomic mass is 16.5. The molecule has 0 aliphatic rings. The number of anilines is 1. The molecule has 0 saturated heterocycles. The molecular formula is C14H17N3O2. The number of nitrogen functional groups attached to an aromatic ring is 1. The molecule has 5 nitrogen and oxygen atoms in total. The van der Waals surface area contributed by atoms with Crippen LogP contribution in [0.5, 0.6) is 0 Å². The molecule has 0 radical (unpaired) electrons. The Kier molecular flexibility index (Phi) is 3.85. The third kappa shape index (κ3) is 2.93. The Bertz CT molecular complexity index is 578. The summed E-state index contributed by atoms with van der Waals surface area (Å²) in [7, 11) is 0. The predicted octanol–water partition coefficient (Wildman–Crippen LogP) is 2.41. The van der Waals surface area contributed by atoms with Crippen LogP contribution < -0.4 is 5.73 Å². The van der Waals surface area contributed by atoms with Gasteiger partial charge >= 0.3 is 5.97 Å². The monoisotopic (exact) mass is 259 g/mol. The number of carbonyl (C=O) groups is 1. The summed E-state index contributed by atoms with van der Waals surface area (Å²) in [5, 5.41) is 4.19. The van der Waals surface area contributed by atoms with Crippen molar-refractivity contribution in [2.75, 3.05) is 5.73 Å². The first-order valence-corrected chi connectivity index (χ1v) is 6.23. The summed E-state index contributed by atoms with van der Waals surface area (Å²) in [5.41, 5.74) is 7.49. The molecule has 1 heterocycles. The molecule has 2 rings (SSSR count). The number of ether oxygens (including phenoxy) is 1. The van der Waals surface area contributed by atoms with Gasteiger partial charge < -0.3 is 10.5 Å². The van der Waals surface area contributed by atoms with Gasteiger partial charge in [0.2, 0.25) is 0 Å². The second-order valence-electron chi connectivity index (χ2n) is 4.33. The summed E-state index contributed by atoms with van der Waals surface area (Å²) >= 11 is 0. The fourth-order valence-corrected chi connectivity index (χ4v) is 1.59. The molecule has 2 N–H and O–H groups in total. The van der Waals surface area contributed by atoms with Gasteiger partial charge in [-0.1, -0.05) is 19.1 Å². The average molecular weight is 259 g/mol. The van der Waals surface area contributed by atoms with Crippen LogP contribution in [0.2, 0.25) is 0 Å². The second kappa shape index (κ2) is 5.56. The number of benzene rings is 1. The van der Waals surface area contributed by atoms with Gasteiger partial charge in [-0.25, -0.2) is 9.48 Å². The van der Waals surface area contributed by atoms with E-state index in [9.17, 15) is 4.79 Å². The van der Waals surface area contributed by atoms with Crippen molar-refractivity contribution in [2.24, 2.45) is 0 Å². The Hall–Kier alpha value is -2.30. The van der Waals surface area contributed by atoms with Crippen LogP contribution in [0, 0.1) is 0 Å². The summed E-state index contributed by atoms with van der Waals surface area (Å²) < 4.78 is 6.79. The van der Waals surface area contributed by atoms with Crippen LogP contribution in [0.3, 0.4) is 0 Å². The molecule has 0 saturated carbocycles. The zero-order valence-corrected chi connectivity index (χ0v) is 11.0. The topological polar surface area (TPSA) is 70.1 Å². The van der Waals surface area contributed by atoms with Gasteiger partial charge in [0, 0.05) is 6.20 Å². The first kappa shape index (κ1) is 13.1. The molecule has 1 aromatic carbocycles. The highest BCUT2D eigenvalue weighted by molar-refractivity contribution is 5.87. The van der Waals surface area contributed by atoms with Gasteiger partial charge in [-0.3, -0.25) is 0 Å². The summed E-state index contributed by atoms with van der Waals surface area (Å²) in [5.74, 6) is -0.414. The van der Waals surface area contributed by atoms with Gasteiger partial charge in [-0.2, -0.15) is 5.10 Å². The number of rotatable bonds is 4. The lowest BCUT2D eigenvalue weighted by Crippen LogP contribution is -2.14. The molecule has 1 atom stereocenters.